The summed E-state index contributed by atoms with van der Waals surface area (Å²) in [7, 11) is 1.36. The maximum absolute atomic E-state index is 11.3. The zero-order valence-corrected chi connectivity index (χ0v) is 11.2. The first kappa shape index (κ1) is 14.7. The summed E-state index contributed by atoms with van der Waals surface area (Å²) in [6.45, 7) is 2.17. The summed E-state index contributed by atoms with van der Waals surface area (Å²) in [6, 6.07) is 6.96. The van der Waals surface area contributed by atoms with E-state index in [0.717, 1.165) is 24.8 Å². The number of unbranched alkanes of at least 4 members (excludes halogenated alkanes) is 3. The number of methoxy groups -OCH3 is 1. The standard InChI is InChI=1S/C15H22O3/c1-3-4-5-6-7-14(16)12-8-10-13(11-9-12)15(17)18-2/h8-11,14,16H,3-7H2,1-2H3. The van der Waals surface area contributed by atoms with Crippen molar-refractivity contribution in [1.29, 1.82) is 0 Å². The van der Waals surface area contributed by atoms with Crippen molar-refractivity contribution in [3.63, 3.8) is 0 Å². The first-order valence-electron chi connectivity index (χ1n) is 6.55. The molecule has 0 spiro atoms. The van der Waals surface area contributed by atoms with Gasteiger partial charge in [-0.15, -0.1) is 0 Å². The maximum atomic E-state index is 11.3. The SMILES string of the molecule is CCCCCCC(O)c1ccc(C(=O)OC)cc1. The van der Waals surface area contributed by atoms with Crippen LogP contribution in [0.3, 0.4) is 0 Å². The Morgan fingerprint density at radius 1 is 1.22 bits per heavy atom. The second-order valence-electron chi connectivity index (χ2n) is 4.48. The Morgan fingerprint density at radius 2 is 1.89 bits per heavy atom. The van der Waals surface area contributed by atoms with E-state index in [1.54, 1.807) is 24.3 Å². The minimum atomic E-state index is -0.437. The first-order chi connectivity index (χ1) is 8.69. The Kier molecular flexibility index (Phi) is 6.44. The molecular weight excluding hydrogens is 228 g/mol. The summed E-state index contributed by atoms with van der Waals surface area (Å²) in [5.41, 5.74) is 1.37. The second-order valence-corrected chi connectivity index (χ2v) is 4.48. The molecule has 0 bridgehead atoms. The molecule has 0 radical (unpaired) electrons. The number of ether oxygens (including phenoxy) is 1. The number of hydrogen-bond donors (Lipinski definition) is 1. The molecule has 1 aromatic carbocycles. The molecule has 0 fully saturated rings. The van der Waals surface area contributed by atoms with Gasteiger partial charge in [0.25, 0.3) is 0 Å². The molecule has 100 valence electrons. The topological polar surface area (TPSA) is 46.5 Å². The number of aliphatic hydroxyl groups is 1. The predicted octanol–water partition coefficient (Wildman–Crippen LogP) is 3.48. The van der Waals surface area contributed by atoms with Crippen LogP contribution in [0.5, 0.6) is 0 Å². The lowest BCUT2D eigenvalue weighted by atomic mass is 10.0. The Hall–Kier alpha value is -1.35. The smallest absolute Gasteiger partial charge is 0.337 e. The molecule has 0 aliphatic heterocycles. The third kappa shape index (κ3) is 4.49. The lowest BCUT2D eigenvalue weighted by Crippen LogP contribution is -2.02. The summed E-state index contributed by atoms with van der Waals surface area (Å²) in [6.07, 6.45) is 4.95. The number of rotatable bonds is 7. The quantitative estimate of drug-likeness (QED) is 0.595. The van der Waals surface area contributed by atoms with E-state index in [4.69, 9.17) is 0 Å². The molecule has 0 aromatic heterocycles. The van der Waals surface area contributed by atoms with Crippen molar-refractivity contribution in [2.45, 2.75) is 45.1 Å². The average molecular weight is 250 g/mol. The average Bonchev–Trinajstić information content (AvgIpc) is 2.42. The van der Waals surface area contributed by atoms with Crippen molar-refractivity contribution in [2.75, 3.05) is 7.11 Å². The van der Waals surface area contributed by atoms with Gasteiger partial charge in [-0.3, -0.25) is 0 Å². The van der Waals surface area contributed by atoms with Gasteiger partial charge < -0.3 is 9.84 Å². The lowest BCUT2D eigenvalue weighted by Gasteiger charge is -2.11. The minimum Gasteiger partial charge on any atom is -0.465 e. The number of carbonyl (C=O) groups is 1. The van der Waals surface area contributed by atoms with Crippen molar-refractivity contribution in [1.82, 2.24) is 0 Å². The first-order valence-corrected chi connectivity index (χ1v) is 6.55. The van der Waals surface area contributed by atoms with Crippen LogP contribution in [0.4, 0.5) is 0 Å². The number of esters is 1. The molecule has 0 saturated heterocycles. The van der Waals surface area contributed by atoms with Crippen LogP contribution in [-0.4, -0.2) is 18.2 Å². The fourth-order valence-corrected chi connectivity index (χ4v) is 1.89. The highest BCUT2D eigenvalue weighted by Crippen LogP contribution is 2.20. The molecule has 1 rings (SSSR count). The van der Waals surface area contributed by atoms with Gasteiger partial charge in [0.1, 0.15) is 0 Å². The van der Waals surface area contributed by atoms with E-state index >= 15 is 0 Å². The van der Waals surface area contributed by atoms with Gasteiger partial charge in [-0.2, -0.15) is 0 Å². The van der Waals surface area contributed by atoms with E-state index in [1.165, 1.54) is 20.0 Å². The van der Waals surface area contributed by atoms with Gasteiger partial charge in [0.15, 0.2) is 0 Å². The van der Waals surface area contributed by atoms with Crippen molar-refractivity contribution in [3.8, 4) is 0 Å². The maximum Gasteiger partial charge on any atom is 0.337 e. The third-order valence-electron chi connectivity index (χ3n) is 3.05. The molecule has 18 heavy (non-hydrogen) atoms. The van der Waals surface area contributed by atoms with Crippen LogP contribution >= 0.6 is 0 Å². The Bertz CT molecular complexity index is 357. The second kappa shape index (κ2) is 7.88. The van der Waals surface area contributed by atoms with Gasteiger partial charge in [-0.25, -0.2) is 4.79 Å². The zero-order chi connectivity index (χ0) is 13.4. The van der Waals surface area contributed by atoms with Crippen LogP contribution in [0.1, 0.15) is 61.1 Å². The molecule has 1 atom stereocenters. The molecule has 0 amide bonds. The number of hydrogen-bond acceptors (Lipinski definition) is 3. The normalized spacial score (nSPS) is 12.2. The van der Waals surface area contributed by atoms with Gasteiger partial charge in [0.05, 0.1) is 18.8 Å². The van der Waals surface area contributed by atoms with E-state index < -0.39 is 6.10 Å². The van der Waals surface area contributed by atoms with E-state index in [0.29, 0.717) is 5.56 Å². The summed E-state index contributed by atoms with van der Waals surface area (Å²) in [4.78, 5) is 11.3. The largest absolute Gasteiger partial charge is 0.465 e. The van der Waals surface area contributed by atoms with Crippen LogP contribution in [0, 0.1) is 0 Å². The molecule has 0 aliphatic rings. The van der Waals surface area contributed by atoms with E-state index in [1.807, 2.05) is 0 Å². The van der Waals surface area contributed by atoms with E-state index in [2.05, 4.69) is 11.7 Å². The fraction of sp³-hybridized carbons (Fsp3) is 0.533. The lowest BCUT2D eigenvalue weighted by molar-refractivity contribution is 0.0600. The van der Waals surface area contributed by atoms with Crippen molar-refractivity contribution in [3.05, 3.63) is 35.4 Å². The summed E-state index contributed by atoms with van der Waals surface area (Å²) < 4.78 is 4.63. The predicted molar refractivity (Wildman–Crippen MR) is 71.5 cm³/mol. The molecule has 3 nitrogen and oxygen atoms in total. The van der Waals surface area contributed by atoms with Crippen LogP contribution < -0.4 is 0 Å². The van der Waals surface area contributed by atoms with Gasteiger partial charge in [0.2, 0.25) is 0 Å². The third-order valence-corrected chi connectivity index (χ3v) is 3.05. The van der Waals surface area contributed by atoms with Crippen LogP contribution in [0.2, 0.25) is 0 Å². The van der Waals surface area contributed by atoms with Crippen molar-refractivity contribution in [2.24, 2.45) is 0 Å². The van der Waals surface area contributed by atoms with E-state index in [9.17, 15) is 9.90 Å². The minimum absolute atomic E-state index is 0.348. The molecule has 0 saturated carbocycles. The molecule has 0 heterocycles. The van der Waals surface area contributed by atoms with Gasteiger partial charge in [-0.1, -0.05) is 44.7 Å². The zero-order valence-electron chi connectivity index (χ0n) is 11.2. The van der Waals surface area contributed by atoms with Gasteiger partial charge in [0, 0.05) is 0 Å². The van der Waals surface area contributed by atoms with E-state index in [-0.39, 0.29) is 5.97 Å². The van der Waals surface area contributed by atoms with Crippen LogP contribution in [0.25, 0.3) is 0 Å². The van der Waals surface area contributed by atoms with Crippen LogP contribution in [0.15, 0.2) is 24.3 Å². The Morgan fingerprint density at radius 3 is 2.44 bits per heavy atom. The summed E-state index contributed by atoms with van der Waals surface area (Å²) >= 11 is 0. The number of aliphatic hydroxyl groups excluding tert-OH is 1. The van der Waals surface area contributed by atoms with Gasteiger partial charge >= 0.3 is 5.97 Å². The van der Waals surface area contributed by atoms with Crippen molar-refractivity contribution < 1.29 is 14.6 Å². The van der Waals surface area contributed by atoms with Crippen molar-refractivity contribution >= 4 is 5.97 Å². The monoisotopic (exact) mass is 250 g/mol. The molecule has 0 aliphatic carbocycles. The highest BCUT2D eigenvalue weighted by atomic mass is 16.5. The molecule has 1 aromatic rings. The van der Waals surface area contributed by atoms with Crippen LogP contribution in [-0.2, 0) is 4.74 Å². The highest BCUT2D eigenvalue weighted by Gasteiger charge is 2.09. The van der Waals surface area contributed by atoms with Gasteiger partial charge in [-0.05, 0) is 24.1 Å². The molecule has 3 heteroatoms. The highest BCUT2D eigenvalue weighted by molar-refractivity contribution is 5.89. The molecule has 1 unspecified atom stereocenters. The summed E-state index contributed by atoms with van der Waals surface area (Å²) in [5.74, 6) is -0.348. The summed E-state index contributed by atoms with van der Waals surface area (Å²) in [5, 5.41) is 9.99. The molecular formula is C15H22O3. The Balaban J connectivity index is 2.48. The number of benzene rings is 1. The Labute approximate surface area is 109 Å². The number of carbonyl (C=O) groups excluding carboxylic acids is 1. The fourth-order valence-electron chi connectivity index (χ4n) is 1.89. The molecule has 1 N–H and O–H groups in total.